The van der Waals surface area contributed by atoms with E-state index in [-0.39, 0.29) is 5.69 Å². The number of hydrogen-bond acceptors (Lipinski definition) is 4. The van der Waals surface area contributed by atoms with E-state index in [1.807, 2.05) is 0 Å². The van der Waals surface area contributed by atoms with Crippen LogP contribution in [0.3, 0.4) is 0 Å². The molecule has 9 heteroatoms. The zero-order valence-electron chi connectivity index (χ0n) is 15.3. The molecule has 0 aliphatic carbocycles. The highest BCUT2D eigenvalue weighted by Gasteiger charge is 2.30. The molecule has 0 saturated heterocycles. The number of benzene rings is 2. The number of urea groups is 1. The van der Waals surface area contributed by atoms with Crippen molar-refractivity contribution in [1.82, 2.24) is 4.98 Å². The molecule has 0 radical (unpaired) electrons. The Morgan fingerprint density at radius 1 is 1.00 bits per heavy atom. The van der Waals surface area contributed by atoms with Crippen LogP contribution < -0.4 is 16.4 Å². The minimum atomic E-state index is -4.49. The largest absolute Gasteiger partial charge is 0.463 e. The minimum absolute atomic E-state index is 0.0341. The molecule has 4 N–H and O–H groups in total. The van der Waals surface area contributed by atoms with E-state index in [4.69, 9.17) is 10.2 Å². The summed E-state index contributed by atoms with van der Waals surface area (Å²) in [4.78, 5) is 16.2. The summed E-state index contributed by atoms with van der Waals surface area (Å²) >= 11 is 0. The average Bonchev–Trinajstić information content (AvgIpc) is 3.14. The van der Waals surface area contributed by atoms with Crippen molar-refractivity contribution < 1.29 is 22.4 Å². The van der Waals surface area contributed by atoms with Crippen molar-refractivity contribution in [2.75, 3.05) is 16.4 Å². The third kappa shape index (κ3) is 3.90. The molecule has 2 amide bonds. The molecule has 6 nitrogen and oxygen atoms in total. The number of carbonyl (C=O) groups excluding carboxylic acids is 1. The van der Waals surface area contributed by atoms with E-state index in [1.165, 1.54) is 12.1 Å². The van der Waals surface area contributed by atoms with E-state index in [1.54, 1.807) is 42.8 Å². The molecular weight excluding hydrogens is 397 g/mol. The van der Waals surface area contributed by atoms with E-state index < -0.39 is 17.8 Å². The number of anilines is 3. The number of furan rings is 1. The van der Waals surface area contributed by atoms with E-state index in [0.29, 0.717) is 22.5 Å². The number of nitrogens with one attached hydrogen (secondary N) is 2. The summed E-state index contributed by atoms with van der Waals surface area (Å²) in [5.74, 6) is 0.346. The van der Waals surface area contributed by atoms with Gasteiger partial charge in [-0.3, -0.25) is 0 Å². The van der Waals surface area contributed by atoms with Gasteiger partial charge in [0.25, 0.3) is 0 Å². The summed E-state index contributed by atoms with van der Waals surface area (Å²) in [5.41, 5.74) is 7.77. The number of pyridine rings is 1. The topological polar surface area (TPSA) is 93.2 Å². The standard InChI is InChI=1S/C21H15F3N4O2/c22-21(23,24)13-2-1-3-15(10-13)28-20(29)27-14-6-4-12(5-7-14)16-11-30-17-8-9-26-19(25)18(16)17/h1-11H,(H2,25,26)(H2,27,28,29). The molecule has 0 fully saturated rings. The first-order valence-corrected chi connectivity index (χ1v) is 8.78. The lowest BCUT2D eigenvalue weighted by Gasteiger charge is -2.11. The average molecular weight is 412 g/mol. The zero-order chi connectivity index (χ0) is 21.3. The van der Waals surface area contributed by atoms with Crippen LogP contribution in [0.2, 0.25) is 0 Å². The Bertz CT molecular complexity index is 1220. The molecule has 2 aromatic carbocycles. The first kappa shape index (κ1) is 19.3. The molecule has 2 heterocycles. The van der Waals surface area contributed by atoms with Gasteiger partial charge in [-0.25, -0.2) is 9.78 Å². The lowest BCUT2D eigenvalue weighted by molar-refractivity contribution is -0.137. The smallest absolute Gasteiger partial charge is 0.416 e. The molecule has 0 aliphatic heterocycles. The van der Waals surface area contributed by atoms with Crippen LogP contribution in [0.25, 0.3) is 22.1 Å². The highest BCUT2D eigenvalue weighted by Crippen LogP contribution is 2.34. The van der Waals surface area contributed by atoms with Gasteiger partial charge in [0.05, 0.1) is 17.2 Å². The molecule has 4 aromatic rings. The molecule has 0 bridgehead atoms. The van der Waals surface area contributed by atoms with Crippen LogP contribution in [0.4, 0.5) is 35.2 Å². The lowest BCUT2D eigenvalue weighted by Crippen LogP contribution is -2.19. The van der Waals surface area contributed by atoms with E-state index >= 15 is 0 Å². The summed E-state index contributed by atoms with van der Waals surface area (Å²) in [7, 11) is 0. The Morgan fingerprint density at radius 3 is 2.47 bits per heavy atom. The van der Waals surface area contributed by atoms with Crippen LogP contribution in [-0.2, 0) is 6.18 Å². The Hall–Kier alpha value is -4.01. The van der Waals surface area contributed by atoms with Gasteiger partial charge in [0, 0.05) is 23.1 Å². The Kier molecular flexibility index (Phi) is 4.78. The van der Waals surface area contributed by atoms with Crippen LogP contribution in [0, 0.1) is 0 Å². The van der Waals surface area contributed by atoms with Crippen LogP contribution in [0.1, 0.15) is 5.56 Å². The maximum atomic E-state index is 12.8. The highest BCUT2D eigenvalue weighted by molar-refractivity contribution is 6.02. The number of halogens is 3. The Labute approximate surface area is 168 Å². The number of rotatable bonds is 3. The second kappa shape index (κ2) is 7.43. The quantitative estimate of drug-likeness (QED) is 0.400. The fourth-order valence-corrected chi connectivity index (χ4v) is 3.02. The highest BCUT2D eigenvalue weighted by atomic mass is 19.4. The molecule has 2 aromatic heterocycles. The fraction of sp³-hybridized carbons (Fsp3) is 0.0476. The molecular formula is C21H15F3N4O2. The SMILES string of the molecule is Nc1nccc2occ(-c3ccc(NC(=O)Nc4cccc(C(F)(F)F)c4)cc3)c12. The Balaban J connectivity index is 1.48. The van der Waals surface area contributed by atoms with Crippen LogP contribution in [0.15, 0.2) is 71.5 Å². The molecule has 4 rings (SSSR count). The van der Waals surface area contributed by atoms with Crippen molar-refractivity contribution in [3.8, 4) is 11.1 Å². The van der Waals surface area contributed by atoms with E-state index in [9.17, 15) is 18.0 Å². The number of aromatic nitrogens is 1. The number of hydrogen-bond donors (Lipinski definition) is 3. The maximum absolute atomic E-state index is 12.8. The third-order valence-corrected chi connectivity index (χ3v) is 4.42. The minimum Gasteiger partial charge on any atom is -0.463 e. The van der Waals surface area contributed by atoms with E-state index in [2.05, 4.69) is 15.6 Å². The number of carbonyl (C=O) groups is 1. The van der Waals surface area contributed by atoms with Gasteiger partial charge in [0.1, 0.15) is 11.4 Å². The predicted octanol–water partition coefficient (Wildman–Crippen LogP) is 5.74. The van der Waals surface area contributed by atoms with Gasteiger partial charge in [-0.15, -0.1) is 0 Å². The molecule has 0 aliphatic rings. The van der Waals surface area contributed by atoms with Crippen molar-refractivity contribution in [2.24, 2.45) is 0 Å². The van der Waals surface area contributed by atoms with Crippen molar-refractivity contribution in [2.45, 2.75) is 6.18 Å². The number of amides is 2. The molecule has 0 atom stereocenters. The van der Waals surface area contributed by atoms with Gasteiger partial charge in [-0.1, -0.05) is 18.2 Å². The van der Waals surface area contributed by atoms with Crippen LogP contribution in [0.5, 0.6) is 0 Å². The van der Waals surface area contributed by atoms with Crippen LogP contribution in [-0.4, -0.2) is 11.0 Å². The van der Waals surface area contributed by atoms with Gasteiger partial charge in [0.15, 0.2) is 0 Å². The molecule has 0 unspecified atom stereocenters. The third-order valence-electron chi connectivity index (χ3n) is 4.42. The molecule has 30 heavy (non-hydrogen) atoms. The van der Waals surface area contributed by atoms with Gasteiger partial charge in [0.2, 0.25) is 0 Å². The van der Waals surface area contributed by atoms with Crippen molar-refractivity contribution in [3.63, 3.8) is 0 Å². The maximum Gasteiger partial charge on any atom is 0.416 e. The monoisotopic (exact) mass is 412 g/mol. The fourth-order valence-electron chi connectivity index (χ4n) is 3.02. The van der Waals surface area contributed by atoms with E-state index in [0.717, 1.165) is 23.3 Å². The summed E-state index contributed by atoms with van der Waals surface area (Å²) in [6.45, 7) is 0. The molecule has 152 valence electrons. The first-order chi connectivity index (χ1) is 14.3. The number of nitrogen functional groups attached to an aromatic ring is 1. The summed E-state index contributed by atoms with van der Waals surface area (Å²) < 4.78 is 43.8. The van der Waals surface area contributed by atoms with Gasteiger partial charge < -0.3 is 20.8 Å². The van der Waals surface area contributed by atoms with Crippen LogP contribution >= 0.6 is 0 Å². The summed E-state index contributed by atoms with van der Waals surface area (Å²) in [5, 5.41) is 5.66. The second-order valence-electron chi connectivity index (χ2n) is 6.45. The first-order valence-electron chi connectivity index (χ1n) is 8.78. The normalized spacial score (nSPS) is 11.4. The van der Waals surface area contributed by atoms with Gasteiger partial charge >= 0.3 is 12.2 Å². The number of fused-ring (bicyclic) bond motifs is 1. The van der Waals surface area contributed by atoms with Crippen molar-refractivity contribution in [3.05, 3.63) is 72.6 Å². The Morgan fingerprint density at radius 2 is 1.73 bits per heavy atom. The number of nitrogens with two attached hydrogens (primary N) is 1. The van der Waals surface area contributed by atoms with Gasteiger partial charge in [-0.05, 0) is 42.0 Å². The van der Waals surface area contributed by atoms with Gasteiger partial charge in [-0.2, -0.15) is 13.2 Å². The summed E-state index contributed by atoms with van der Waals surface area (Å²) in [6.07, 6.45) is -1.35. The number of nitrogens with zero attached hydrogens (tertiary/aromatic N) is 1. The zero-order valence-corrected chi connectivity index (χ0v) is 15.3. The number of alkyl halides is 3. The predicted molar refractivity (Wildman–Crippen MR) is 108 cm³/mol. The van der Waals surface area contributed by atoms with Crippen molar-refractivity contribution in [1.29, 1.82) is 0 Å². The van der Waals surface area contributed by atoms with Crippen molar-refractivity contribution >= 4 is 34.2 Å². The summed E-state index contributed by atoms with van der Waals surface area (Å²) in [6, 6.07) is 12.3. The molecule has 0 saturated carbocycles. The second-order valence-corrected chi connectivity index (χ2v) is 6.45. The lowest BCUT2D eigenvalue weighted by atomic mass is 10.1. The molecule has 0 spiro atoms.